The number of benzene rings is 1. The Labute approximate surface area is 99.3 Å². The lowest BCUT2D eigenvalue weighted by Crippen LogP contribution is -2.09. The van der Waals surface area contributed by atoms with E-state index in [9.17, 15) is 4.79 Å². The van der Waals surface area contributed by atoms with Crippen LogP contribution >= 0.6 is 11.6 Å². The van der Waals surface area contributed by atoms with Crippen molar-refractivity contribution in [2.75, 3.05) is 19.5 Å². The quantitative estimate of drug-likeness (QED) is 0.649. The van der Waals surface area contributed by atoms with Gasteiger partial charge in [0.2, 0.25) is 0 Å². The maximum atomic E-state index is 11.3. The van der Waals surface area contributed by atoms with Gasteiger partial charge in [0.25, 0.3) is 0 Å². The molecule has 0 amide bonds. The molecular formula is C11H14ClNO3. The summed E-state index contributed by atoms with van der Waals surface area (Å²) in [4.78, 5) is 11.3. The lowest BCUT2D eigenvalue weighted by atomic mass is 10.1. The van der Waals surface area contributed by atoms with E-state index in [4.69, 9.17) is 26.8 Å². The third-order valence-corrected chi connectivity index (χ3v) is 2.38. The SMILES string of the molecule is CCOC(=O)Cc1ccc(Cl)c(OC)c1N. The average molecular weight is 244 g/mol. The zero-order chi connectivity index (χ0) is 12.1. The molecule has 0 saturated carbocycles. The molecule has 16 heavy (non-hydrogen) atoms. The number of nitrogens with two attached hydrogens (primary N) is 1. The van der Waals surface area contributed by atoms with Gasteiger partial charge in [0, 0.05) is 0 Å². The Bertz CT molecular complexity index is 393. The van der Waals surface area contributed by atoms with Crippen molar-refractivity contribution in [2.24, 2.45) is 0 Å². The minimum Gasteiger partial charge on any atom is -0.493 e. The molecule has 4 nitrogen and oxygen atoms in total. The Morgan fingerprint density at radius 1 is 1.50 bits per heavy atom. The first-order valence-corrected chi connectivity index (χ1v) is 5.24. The van der Waals surface area contributed by atoms with Crippen LogP contribution in [-0.2, 0) is 16.0 Å². The highest BCUT2D eigenvalue weighted by Crippen LogP contribution is 2.33. The molecule has 0 radical (unpaired) electrons. The number of hydrogen-bond acceptors (Lipinski definition) is 4. The number of rotatable bonds is 4. The molecule has 0 bridgehead atoms. The molecule has 1 aromatic rings. The third kappa shape index (κ3) is 2.79. The summed E-state index contributed by atoms with van der Waals surface area (Å²) in [6.07, 6.45) is 0.118. The molecule has 0 heterocycles. The number of carbonyl (C=O) groups is 1. The predicted molar refractivity (Wildman–Crippen MR) is 62.8 cm³/mol. The number of halogens is 1. The molecule has 0 spiro atoms. The van der Waals surface area contributed by atoms with E-state index >= 15 is 0 Å². The molecule has 2 N–H and O–H groups in total. The Morgan fingerprint density at radius 3 is 2.75 bits per heavy atom. The minimum atomic E-state index is -0.321. The van der Waals surface area contributed by atoms with Gasteiger partial charge in [-0.3, -0.25) is 4.79 Å². The van der Waals surface area contributed by atoms with Gasteiger partial charge in [0.15, 0.2) is 5.75 Å². The first kappa shape index (κ1) is 12.6. The highest BCUT2D eigenvalue weighted by Gasteiger charge is 2.13. The molecule has 0 aliphatic rings. The Morgan fingerprint density at radius 2 is 2.19 bits per heavy atom. The van der Waals surface area contributed by atoms with E-state index in [0.717, 1.165) is 0 Å². The summed E-state index contributed by atoms with van der Waals surface area (Å²) in [5, 5.41) is 0.424. The zero-order valence-electron chi connectivity index (χ0n) is 9.25. The molecule has 0 aromatic heterocycles. The van der Waals surface area contributed by atoms with Gasteiger partial charge in [-0.2, -0.15) is 0 Å². The minimum absolute atomic E-state index is 0.118. The van der Waals surface area contributed by atoms with Crippen LogP contribution in [0.2, 0.25) is 5.02 Å². The Balaban J connectivity index is 2.93. The van der Waals surface area contributed by atoms with Gasteiger partial charge in [0.1, 0.15) is 0 Å². The molecule has 0 saturated heterocycles. The number of hydrogen-bond donors (Lipinski definition) is 1. The van der Waals surface area contributed by atoms with Crippen LogP contribution in [0.1, 0.15) is 12.5 Å². The molecule has 0 aliphatic carbocycles. The van der Waals surface area contributed by atoms with Crippen LogP contribution in [0.3, 0.4) is 0 Å². The van der Waals surface area contributed by atoms with Crippen LogP contribution in [0, 0.1) is 0 Å². The fourth-order valence-corrected chi connectivity index (χ4v) is 1.58. The monoisotopic (exact) mass is 243 g/mol. The molecule has 0 aliphatic heterocycles. The number of methoxy groups -OCH3 is 1. The molecule has 88 valence electrons. The lowest BCUT2D eigenvalue weighted by Gasteiger charge is -2.11. The summed E-state index contributed by atoms with van der Waals surface area (Å²) in [5.74, 6) is 0.0713. The molecule has 0 atom stereocenters. The normalized spacial score (nSPS) is 9.94. The van der Waals surface area contributed by atoms with Crippen LogP contribution < -0.4 is 10.5 Å². The number of anilines is 1. The van der Waals surface area contributed by atoms with Crippen molar-refractivity contribution >= 4 is 23.3 Å². The summed E-state index contributed by atoms with van der Waals surface area (Å²) in [6, 6.07) is 3.34. The average Bonchev–Trinajstić information content (AvgIpc) is 2.23. The standard InChI is InChI=1S/C11H14ClNO3/c1-3-16-9(14)6-7-4-5-8(12)11(15-2)10(7)13/h4-5H,3,6,13H2,1-2H3. The van der Waals surface area contributed by atoms with Crippen molar-refractivity contribution in [3.63, 3.8) is 0 Å². The van der Waals surface area contributed by atoms with E-state index in [2.05, 4.69) is 0 Å². The smallest absolute Gasteiger partial charge is 0.310 e. The molecule has 1 rings (SSSR count). The number of ether oxygens (including phenoxy) is 2. The van der Waals surface area contributed by atoms with Crippen molar-refractivity contribution in [3.8, 4) is 5.75 Å². The van der Waals surface area contributed by atoms with Gasteiger partial charge in [-0.05, 0) is 18.6 Å². The van der Waals surface area contributed by atoms with Crippen LogP contribution in [0.25, 0.3) is 0 Å². The predicted octanol–water partition coefficient (Wildman–Crippen LogP) is 2.04. The van der Waals surface area contributed by atoms with E-state index in [-0.39, 0.29) is 12.4 Å². The van der Waals surface area contributed by atoms with Crippen LogP contribution in [0.5, 0.6) is 5.75 Å². The fraction of sp³-hybridized carbons (Fsp3) is 0.364. The van der Waals surface area contributed by atoms with Crippen LogP contribution in [0.15, 0.2) is 12.1 Å². The van der Waals surface area contributed by atoms with E-state index in [0.29, 0.717) is 28.6 Å². The summed E-state index contributed by atoms with van der Waals surface area (Å²) in [6.45, 7) is 2.10. The van der Waals surface area contributed by atoms with Gasteiger partial charge in [-0.1, -0.05) is 17.7 Å². The first-order valence-electron chi connectivity index (χ1n) is 4.86. The van der Waals surface area contributed by atoms with E-state index in [1.54, 1.807) is 19.1 Å². The molecule has 0 unspecified atom stereocenters. The van der Waals surface area contributed by atoms with Gasteiger partial charge >= 0.3 is 5.97 Å². The fourth-order valence-electron chi connectivity index (χ4n) is 1.34. The molecule has 1 aromatic carbocycles. The summed E-state index contributed by atoms with van der Waals surface area (Å²) in [5.41, 5.74) is 6.85. The summed E-state index contributed by atoms with van der Waals surface area (Å²) >= 11 is 5.88. The van der Waals surface area contributed by atoms with Gasteiger partial charge in [-0.25, -0.2) is 0 Å². The first-order chi connectivity index (χ1) is 7.60. The second kappa shape index (κ2) is 5.61. The largest absolute Gasteiger partial charge is 0.493 e. The van der Waals surface area contributed by atoms with Gasteiger partial charge in [-0.15, -0.1) is 0 Å². The highest BCUT2D eigenvalue weighted by molar-refractivity contribution is 6.32. The Hall–Kier alpha value is -1.42. The van der Waals surface area contributed by atoms with Crippen molar-refractivity contribution in [3.05, 3.63) is 22.7 Å². The zero-order valence-corrected chi connectivity index (χ0v) is 10.0. The van der Waals surface area contributed by atoms with E-state index < -0.39 is 0 Å². The van der Waals surface area contributed by atoms with E-state index in [1.807, 2.05) is 0 Å². The van der Waals surface area contributed by atoms with Crippen LogP contribution in [0.4, 0.5) is 5.69 Å². The number of esters is 1. The second-order valence-electron chi connectivity index (χ2n) is 3.14. The van der Waals surface area contributed by atoms with Gasteiger partial charge < -0.3 is 15.2 Å². The molecule has 0 fully saturated rings. The molecular weight excluding hydrogens is 230 g/mol. The number of nitrogen functional groups attached to an aromatic ring is 1. The third-order valence-electron chi connectivity index (χ3n) is 2.08. The second-order valence-corrected chi connectivity index (χ2v) is 3.54. The summed E-state index contributed by atoms with van der Waals surface area (Å²) in [7, 11) is 1.48. The summed E-state index contributed by atoms with van der Waals surface area (Å²) < 4.78 is 9.89. The maximum Gasteiger partial charge on any atom is 0.310 e. The number of carbonyl (C=O) groups excluding carboxylic acids is 1. The van der Waals surface area contributed by atoms with Crippen LogP contribution in [-0.4, -0.2) is 19.7 Å². The van der Waals surface area contributed by atoms with Crippen molar-refractivity contribution < 1.29 is 14.3 Å². The molecule has 5 heteroatoms. The van der Waals surface area contributed by atoms with Gasteiger partial charge in [0.05, 0.1) is 30.8 Å². The van der Waals surface area contributed by atoms with Crippen molar-refractivity contribution in [2.45, 2.75) is 13.3 Å². The Kier molecular flexibility index (Phi) is 4.43. The topological polar surface area (TPSA) is 61.5 Å². The lowest BCUT2D eigenvalue weighted by molar-refractivity contribution is -0.142. The highest BCUT2D eigenvalue weighted by atomic mass is 35.5. The van der Waals surface area contributed by atoms with Crippen molar-refractivity contribution in [1.82, 2.24) is 0 Å². The van der Waals surface area contributed by atoms with E-state index in [1.165, 1.54) is 7.11 Å². The maximum absolute atomic E-state index is 11.3. The van der Waals surface area contributed by atoms with Crippen molar-refractivity contribution in [1.29, 1.82) is 0 Å².